The number of amides is 2. The summed E-state index contributed by atoms with van der Waals surface area (Å²) in [5, 5.41) is 5.33. The van der Waals surface area contributed by atoms with Crippen LogP contribution in [-0.4, -0.2) is 25.2 Å². The van der Waals surface area contributed by atoms with Crippen LogP contribution in [0.25, 0.3) is 0 Å². The summed E-state index contributed by atoms with van der Waals surface area (Å²) < 4.78 is 16.0. The highest BCUT2D eigenvalue weighted by molar-refractivity contribution is 6.39. The van der Waals surface area contributed by atoms with E-state index in [9.17, 15) is 9.59 Å². The number of rotatable bonds is 2. The summed E-state index contributed by atoms with van der Waals surface area (Å²) in [5.41, 5.74) is 1.34. The molecule has 0 saturated heterocycles. The number of carbonyl (C=O) groups is 2. The Bertz CT molecular complexity index is 836. The van der Waals surface area contributed by atoms with E-state index in [1.807, 2.05) is 24.3 Å². The summed E-state index contributed by atoms with van der Waals surface area (Å²) in [6.45, 7) is 0.641. The van der Waals surface area contributed by atoms with Gasteiger partial charge in [-0.1, -0.05) is 18.2 Å². The van der Waals surface area contributed by atoms with Crippen molar-refractivity contribution in [1.29, 1.82) is 0 Å². The van der Waals surface area contributed by atoms with E-state index in [2.05, 4.69) is 10.6 Å². The molecule has 25 heavy (non-hydrogen) atoms. The smallest absolute Gasteiger partial charge is 0.313 e. The molecular weight excluding hydrogens is 324 g/mol. The molecule has 7 heteroatoms. The fourth-order valence-electron chi connectivity index (χ4n) is 2.88. The molecule has 2 aliphatic rings. The second-order valence-electron chi connectivity index (χ2n) is 5.72. The summed E-state index contributed by atoms with van der Waals surface area (Å²) in [5.74, 6) is 0.454. The van der Waals surface area contributed by atoms with Gasteiger partial charge in [0, 0.05) is 23.7 Å². The molecule has 2 aromatic carbocycles. The van der Waals surface area contributed by atoms with E-state index in [1.54, 1.807) is 18.2 Å². The minimum Gasteiger partial charge on any atom is -0.493 e. The number of benzene rings is 2. The first kappa shape index (κ1) is 15.3. The summed E-state index contributed by atoms with van der Waals surface area (Å²) in [6.07, 6.45) is 0.611. The summed E-state index contributed by atoms with van der Waals surface area (Å²) in [7, 11) is 0. The molecule has 0 spiro atoms. The fraction of sp³-hybridized carbons (Fsp3) is 0.222. The zero-order chi connectivity index (χ0) is 17.2. The van der Waals surface area contributed by atoms with Crippen molar-refractivity contribution in [3.8, 4) is 17.2 Å². The van der Waals surface area contributed by atoms with Crippen molar-refractivity contribution < 1.29 is 23.8 Å². The van der Waals surface area contributed by atoms with Gasteiger partial charge in [0.15, 0.2) is 11.5 Å². The van der Waals surface area contributed by atoms with Gasteiger partial charge >= 0.3 is 11.8 Å². The van der Waals surface area contributed by atoms with Crippen LogP contribution >= 0.6 is 0 Å². The molecule has 128 valence electrons. The highest BCUT2D eigenvalue weighted by Gasteiger charge is 2.25. The minimum atomic E-state index is -0.733. The third-order valence-corrected chi connectivity index (χ3v) is 4.10. The molecule has 0 radical (unpaired) electrons. The molecule has 7 nitrogen and oxygen atoms in total. The van der Waals surface area contributed by atoms with Crippen LogP contribution in [-0.2, 0) is 9.59 Å². The Balaban J connectivity index is 1.42. The van der Waals surface area contributed by atoms with Gasteiger partial charge in [0.2, 0.25) is 6.79 Å². The van der Waals surface area contributed by atoms with Crippen LogP contribution in [0.4, 0.5) is 5.69 Å². The molecule has 0 aromatic heterocycles. The van der Waals surface area contributed by atoms with Crippen molar-refractivity contribution in [1.82, 2.24) is 5.32 Å². The van der Waals surface area contributed by atoms with Crippen LogP contribution < -0.4 is 24.8 Å². The molecule has 0 fully saturated rings. The van der Waals surface area contributed by atoms with Gasteiger partial charge in [0.05, 0.1) is 12.6 Å². The summed E-state index contributed by atoms with van der Waals surface area (Å²) >= 11 is 0. The van der Waals surface area contributed by atoms with Crippen molar-refractivity contribution in [2.45, 2.75) is 12.5 Å². The SMILES string of the molecule is O=C(Nc1ccc2c(c1)OCO2)C(=O)N[C@@H]1CCOc2ccccc21. The molecule has 2 aliphatic heterocycles. The molecular formula is C18H16N2O5. The van der Waals surface area contributed by atoms with Gasteiger partial charge in [-0.05, 0) is 18.2 Å². The molecule has 0 unspecified atom stereocenters. The summed E-state index contributed by atoms with van der Waals surface area (Å²) in [6, 6.07) is 12.2. The molecule has 0 saturated carbocycles. The van der Waals surface area contributed by atoms with Gasteiger partial charge in [-0.15, -0.1) is 0 Å². The van der Waals surface area contributed by atoms with Crippen LogP contribution in [0.3, 0.4) is 0 Å². The Morgan fingerprint density at radius 2 is 1.76 bits per heavy atom. The third-order valence-electron chi connectivity index (χ3n) is 4.10. The zero-order valence-electron chi connectivity index (χ0n) is 13.3. The molecule has 2 aromatic rings. The predicted molar refractivity (Wildman–Crippen MR) is 88.6 cm³/mol. The Morgan fingerprint density at radius 3 is 2.68 bits per heavy atom. The van der Waals surface area contributed by atoms with Crippen LogP contribution in [0.2, 0.25) is 0 Å². The van der Waals surface area contributed by atoms with E-state index in [0.717, 1.165) is 11.3 Å². The van der Waals surface area contributed by atoms with Crippen molar-refractivity contribution in [3.63, 3.8) is 0 Å². The van der Waals surface area contributed by atoms with Crippen LogP contribution in [0, 0.1) is 0 Å². The first-order valence-electron chi connectivity index (χ1n) is 7.94. The van der Waals surface area contributed by atoms with Gasteiger partial charge in [0.25, 0.3) is 0 Å². The lowest BCUT2D eigenvalue weighted by Crippen LogP contribution is -2.39. The molecule has 2 heterocycles. The number of nitrogens with one attached hydrogen (secondary N) is 2. The van der Waals surface area contributed by atoms with Crippen LogP contribution in [0.5, 0.6) is 17.2 Å². The van der Waals surface area contributed by atoms with E-state index in [-0.39, 0.29) is 12.8 Å². The lowest BCUT2D eigenvalue weighted by Gasteiger charge is -2.26. The second kappa shape index (κ2) is 6.35. The average molecular weight is 340 g/mol. The Morgan fingerprint density at radius 1 is 0.920 bits per heavy atom. The lowest BCUT2D eigenvalue weighted by atomic mass is 10.0. The number of hydrogen-bond donors (Lipinski definition) is 2. The van der Waals surface area contributed by atoms with Crippen molar-refractivity contribution in [3.05, 3.63) is 48.0 Å². The van der Waals surface area contributed by atoms with Crippen molar-refractivity contribution in [2.75, 3.05) is 18.7 Å². The normalized spacial score (nSPS) is 17.2. The number of anilines is 1. The Kier molecular flexibility index (Phi) is 3.89. The standard InChI is InChI=1S/C18H16N2O5/c21-17(19-11-5-6-15-16(9-11)25-10-24-15)18(22)20-13-7-8-23-14-4-2-1-3-12(13)14/h1-6,9,13H,7-8,10H2,(H,19,21)(H,20,22)/t13-/m1/s1. The lowest BCUT2D eigenvalue weighted by molar-refractivity contribution is -0.136. The molecule has 2 amide bonds. The predicted octanol–water partition coefficient (Wildman–Crippen LogP) is 1.99. The molecule has 4 rings (SSSR count). The topological polar surface area (TPSA) is 85.9 Å². The van der Waals surface area contributed by atoms with E-state index < -0.39 is 11.8 Å². The Hall–Kier alpha value is -3.22. The number of fused-ring (bicyclic) bond motifs is 2. The first-order valence-corrected chi connectivity index (χ1v) is 7.94. The zero-order valence-corrected chi connectivity index (χ0v) is 13.3. The van der Waals surface area contributed by atoms with Gasteiger partial charge in [0.1, 0.15) is 5.75 Å². The van der Waals surface area contributed by atoms with E-state index >= 15 is 0 Å². The number of para-hydroxylation sites is 1. The summed E-state index contributed by atoms with van der Waals surface area (Å²) in [4.78, 5) is 24.4. The van der Waals surface area contributed by atoms with Crippen molar-refractivity contribution >= 4 is 17.5 Å². The van der Waals surface area contributed by atoms with Crippen molar-refractivity contribution in [2.24, 2.45) is 0 Å². The van der Waals surface area contributed by atoms with E-state index in [4.69, 9.17) is 14.2 Å². The highest BCUT2D eigenvalue weighted by Crippen LogP contribution is 2.34. The molecule has 1 atom stereocenters. The Labute approximate surface area is 143 Å². The number of hydrogen-bond acceptors (Lipinski definition) is 5. The molecule has 0 aliphatic carbocycles. The van der Waals surface area contributed by atoms with Crippen LogP contribution in [0.15, 0.2) is 42.5 Å². The maximum Gasteiger partial charge on any atom is 0.313 e. The minimum absolute atomic E-state index is 0.149. The van der Waals surface area contributed by atoms with Gasteiger partial charge in [-0.25, -0.2) is 0 Å². The number of ether oxygens (including phenoxy) is 3. The van der Waals surface area contributed by atoms with E-state index in [1.165, 1.54) is 0 Å². The van der Waals surface area contributed by atoms with Gasteiger partial charge in [-0.3, -0.25) is 9.59 Å². The third kappa shape index (κ3) is 3.08. The van der Waals surface area contributed by atoms with Gasteiger partial charge < -0.3 is 24.8 Å². The maximum atomic E-state index is 12.2. The number of carbonyl (C=O) groups excluding carboxylic acids is 2. The van der Waals surface area contributed by atoms with Crippen LogP contribution in [0.1, 0.15) is 18.0 Å². The molecule has 2 N–H and O–H groups in total. The van der Waals surface area contributed by atoms with Gasteiger partial charge in [-0.2, -0.15) is 0 Å². The molecule has 0 bridgehead atoms. The monoisotopic (exact) mass is 340 g/mol. The first-order chi connectivity index (χ1) is 12.2. The average Bonchev–Trinajstić information content (AvgIpc) is 3.10. The fourth-order valence-corrected chi connectivity index (χ4v) is 2.88. The highest BCUT2D eigenvalue weighted by atomic mass is 16.7. The maximum absolute atomic E-state index is 12.2. The largest absolute Gasteiger partial charge is 0.493 e. The quantitative estimate of drug-likeness (QED) is 0.817. The second-order valence-corrected chi connectivity index (χ2v) is 5.72. The van der Waals surface area contributed by atoms with E-state index in [0.29, 0.717) is 30.2 Å².